The monoisotopic (exact) mass is 565 g/mol. The van der Waals surface area contributed by atoms with Gasteiger partial charge in [0.1, 0.15) is 16.8 Å². The minimum atomic E-state index is -1.21. The van der Waals surface area contributed by atoms with Gasteiger partial charge in [-0.25, -0.2) is 4.90 Å². The lowest BCUT2D eigenvalue weighted by Crippen LogP contribution is -2.45. The van der Waals surface area contributed by atoms with E-state index in [-0.39, 0.29) is 41.8 Å². The van der Waals surface area contributed by atoms with E-state index in [0.717, 1.165) is 11.0 Å². The van der Waals surface area contributed by atoms with Crippen LogP contribution in [-0.4, -0.2) is 46.3 Å². The van der Waals surface area contributed by atoms with Crippen LogP contribution < -0.4 is 19.1 Å². The van der Waals surface area contributed by atoms with Gasteiger partial charge in [-0.3, -0.25) is 29.3 Å². The summed E-state index contributed by atoms with van der Waals surface area (Å²) in [7, 11) is 0. The van der Waals surface area contributed by atoms with Crippen molar-refractivity contribution in [2.75, 3.05) is 11.7 Å². The van der Waals surface area contributed by atoms with Crippen molar-refractivity contribution >= 4 is 46.7 Å². The Bertz CT molecular complexity index is 1560. The van der Waals surface area contributed by atoms with Gasteiger partial charge in [-0.15, -0.1) is 0 Å². The van der Waals surface area contributed by atoms with Crippen molar-refractivity contribution in [3.63, 3.8) is 0 Å². The first-order chi connectivity index (χ1) is 19.1. The van der Waals surface area contributed by atoms with E-state index in [2.05, 4.69) is 0 Å². The second-order valence-electron chi connectivity index (χ2n) is 8.92. The molecule has 1 unspecified atom stereocenters. The van der Waals surface area contributed by atoms with Crippen LogP contribution in [0.2, 0.25) is 5.02 Å². The summed E-state index contributed by atoms with van der Waals surface area (Å²) < 4.78 is 15.8. The van der Waals surface area contributed by atoms with Gasteiger partial charge >= 0.3 is 5.97 Å². The molecule has 0 spiro atoms. The molecule has 5 rings (SSSR count). The number of hydrogen-bond donors (Lipinski definition) is 0. The molecule has 3 amide bonds. The first-order valence-corrected chi connectivity index (χ1v) is 12.3. The average Bonchev–Trinajstić information content (AvgIpc) is 3.50. The van der Waals surface area contributed by atoms with E-state index in [1.807, 2.05) is 0 Å². The van der Waals surface area contributed by atoms with Gasteiger partial charge < -0.3 is 19.1 Å². The Labute approximate surface area is 231 Å². The Hall–Kier alpha value is -4.97. The number of hydrogen-bond acceptors (Lipinski definition) is 9. The lowest BCUT2D eigenvalue weighted by Gasteiger charge is -2.28. The Balaban J connectivity index is 1.49. The quantitative estimate of drug-likeness (QED) is 0.137. The third-order valence-electron chi connectivity index (χ3n) is 6.30. The molecule has 204 valence electrons. The highest BCUT2D eigenvalue weighted by atomic mass is 35.5. The highest BCUT2D eigenvalue weighted by molar-refractivity contribution is 6.32. The number of nitro benzene ring substituents is 1. The molecule has 0 radical (unpaired) electrons. The third-order valence-corrected chi connectivity index (χ3v) is 6.62. The number of ether oxygens (including phenoxy) is 3. The summed E-state index contributed by atoms with van der Waals surface area (Å²) in [5, 5.41) is 11.3. The van der Waals surface area contributed by atoms with E-state index in [4.69, 9.17) is 25.8 Å². The zero-order chi connectivity index (χ0) is 28.6. The highest BCUT2D eigenvalue weighted by Crippen LogP contribution is 2.35. The number of rotatable bonds is 7. The zero-order valence-corrected chi connectivity index (χ0v) is 21.6. The summed E-state index contributed by atoms with van der Waals surface area (Å²) in [5.74, 6) is -1.25. The largest absolute Gasteiger partial charge is 0.454 e. The van der Waals surface area contributed by atoms with Crippen molar-refractivity contribution in [3.8, 4) is 17.2 Å². The van der Waals surface area contributed by atoms with Crippen LogP contribution in [-0.2, 0) is 20.9 Å². The normalized spacial score (nSPS) is 15.8. The number of nitro groups is 1. The van der Waals surface area contributed by atoms with E-state index in [0.29, 0.717) is 17.1 Å². The predicted molar refractivity (Wildman–Crippen MR) is 139 cm³/mol. The summed E-state index contributed by atoms with van der Waals surface area (Å²) in [5.41, 5.74) is 0.247. The van der Waals surface area contributed by atoms with Crippen LogP contribution in [0.25, 0.3) is 0 Å². The van der Waals surface area contributed by atoms with Gasteiger partial charge in [-0.2, -0.15) is 0 Å². The van der Waals surface area contributed by atoms with Gasteiger partial charge in [-0.05, 0) is 54.1 Å². The van der Waals surface area contributed by atoms with Gasteiger partial charge in [0.2, 0.25) is 12.7 Å². The predicted octanol–water partition coefficient (Wildman–Crippen LogP) is 3.88. The molecule has 13 heteroatoms. The molecule has 2 heterocycles. The first-order valence-electron chi connectivity index (χ1n) is 11.9. The average molecular weight is 566 g/mol. The second kappa shape index (κ2) is 10.7. The van der Waals surface area contributed by atoms with Crippen molar-refractivity contribution in [1.82, 2.24) is 4.90 Å². The molecule has 0 saturated carbocycles. The van der Waals surface area contributed by atoms with E-state index in [1.54, 1.807) is 18.2 Å². The Morgan fingerprint density at radius 1 is 1.07 bits per heavy atom. The number of carbonyl (C=O) groups is 4. The minimum absolute atomic E-state index is 0.0384. The van der Waals surface area contributed by atoms with Crippen LogP contribution in [0, 0.1) is 10.1 Å². The second-order valence-corrected chi connectivity index (χ2v) is 9.33. The molecule has 12 nitrogen and oxygen atoms in total. The van der Waals surface area contributed by atoms with Crippen molar-refractivity contribution < 1.29 is 38.3 Å². The fourth-order valence-corrected chi connectivity index (χ4v) is 4.66. The van der Waals surface area contributed by atoms with Gasteiger partial charge in [0.25, 0.3) is 17.5 Å². The number of halogens is 1. The van der Waals surface area contributed by atoms with Crippen molar-refractivity contribution in [3.05, 3.63) is 86.9 Å². The number of carbonyl (C=O) groups excluding carboxylic acids is 4. The SMILES string of the molecule is CC(=O)Oc1ccc(N2C(=O)CC(N(Cc3ccc4c(c3)OCO4)C(=O)c3ccc(Cl)c([N+](=O)[O-])c3)C2=O)cc1. The Morgan fingerprint density at radius 2 is 1.80 bits per heavy atom. The maximum absolute atomic E-state index is 13.8. The topological polar surface area (TPSA) is 146 Å². The summed E-state index contributed by atoms with van der Waals surface area (Å²) >= 11 is 5.93. The van der Waals surface area contributed by atoms with E-state index >= 15 is 0 Å². The van der Waals surface area contributed by atoms with E-state index in [1.165, 1.54) is 48.2 Å². The number of anilines is 1. The molecule has 3 aromatic rings. The number of benzene rings is 3. The Morgan fingerprint density at radius 3 is 2.50 bits per heavy atom. The minimum Gasteiger partial charge on any atom is -0.454 e. The van der Waals surface area contributed by atoms with Crippen LogP contribution in [0.15, 0.2) is 60.7 Å². The number of amides is 3. The van der Waals surface area contributed by atoms with Gasteiger partial charge in [0.15, 0.2) is 11.5 Å². The van der Waals surface area contributed by atoms with Crippen molar-refractivity contribution in [2.24, 2.45) is 0 Å². The molecule has 2 aliphatic rings. The fraction of sp³-hybridized carbons (Fsp3) is 0.185. The maximum atomic E-state index is 13.8. The van der Waals surface area contributed by atoms with Crippen LogP contribution in [0.3, 0.4) is 0 Å². The molecule has 0 bridgehead atoms. The number of imide groups is 1. The molecule has 1 atom stereocenters. The molecule has 0 N–H and O–H groups in total. The zero-order valence-electron chi connectivity index (χ0n) is 20.9. The number of nitrogens with zero attached hydrogens (tertiary/aromatic N) is 3. The van der Waals surface area contributed by atoms with Gasteiger partial charge in [-0.1, -0.05) is 17.7 Å². The summed E-state index contributed by atoms with van der Waals surface area (Å²) in [6.45, 7) is 1.17. The fourth-order valence-electron chi connectivity index (χ4n) is 4.47. The molecule has 1 saturated heterocycles. The maximum Gasteiger partial charge on any atom is 0.308 e. The molecular formula is C27H20ClN3O9. The number of esters is 1. The molecule has 0 aromatic heterocycles. The van der Waals surface area contributed by atoms with Gasteiger partial charge in [0, 0.05) is 25.1 Å². The standard InChI is InChI=1S/C27H20ClN3O9/c1-15(32)40-19-6-4-18(5-7-19)30-25(33)12-22(27(30)35)29(13-16-2-9-23-24(10-16)39-14-38-23)26(34)17-3-8-20(28)21(11-17)31(36)37/h2-11,22H,12-14H2,1H3. The molecule has 40 heavy (non-hydrogen) atoms. The number of fused-ring (bicyclic) bond motifs is 1. The van der Waals surface area contributed by atoms with Crippen molar-refractivity contribution in [2.45, 2.75) is 25.9 Å². The van der Waals surface area contributed by atoms with E-state index < -0.39 is 40.3 Å². The van der Waals surface area contributed by atoms with Gasteiger partial charge in [0.05, 0.1) is 17.0 Å². The van der Waals surface area contributed by atoms with Crippen LogP contribution in [0.4, 0.5) is 11.4 Å². The summed E-state index contributed by atoms with van der Waals surface area (Å²) in [4.78, 5) is 64.5. The molecule has 2 aliphatic heterocycles. The van der Waals surface area contributed by atoms with E-state index in [9.17, 15) is 29.3 Å². The summed E-state index contributed by atoms with van der Waals surface area (Å²) in [6, 6.07) is 13.1. The third kappa shape index (κ3) is 5.16. The lowest BCUT2D eigenvalue weighted by atomic mass is 10.1. The Kier molecular flexibility index (Phi) is 7.09. The summed E-state index contributed by atoms with van der Waals surface area (Å²) in [6.07, 6.45) is -0.323. The molecule has 3 aromatic carbocycles. The molecular weight excluding hydrogens is 546 g/mol. The van der Waals surface area contributed by atoms with Crippen LogP contribution in [0.5, 0.6) is 17.2 Å². The van der Waals surface area contributed by atoms with Crippen LogP contribution in [0.1, 0.15) is 29.3 Å². The first kappa shape index (κ1) is 26.6. The smallest absolute Gasteiger partial charge is 0.308 e. The molecule has 1 fully saturated rings. The highest BCUT2D eigenvalue weighted by Gasteiger charge is 2.45. The lowest BCUT2D eigenvalue weighted by molar-refractivity contribution is -0.384. The molecule has 0 aliphatic carbocycles. The van der Waals surface area contributed by atoms with Crippen LogP contribution >= 0.6 is 11.6 Å². The van der Waals surface area contributed by atoms with Crippen molar-refractivity contribution in [1.29, 1.82) is 0 Å².